The van der Waals surface area contributed by atoms with Crippen LogP contribution in [0.25, 0.3) is 0 Å². The highest BCUT2D eigenvalue weighted by atomic mass is 35.5. The Kier molecular flexibility index (Phi) is 7.54. The number of ether oxygens (including phenoxy) is 1. The van der Waals surface area contributed by atoms with Gasteiger partial charge in [-0.3, -0.25) is 4.79 Å². The Balaban J connectivity index is 1.70. The molecule has 2 heterocycles. The number of nitrogens with two attached hydrogens (primary N) is 1. The number of carbonyl (C=O) groups is 1. The summed E-state index contributed by atoms with van der Waals surface area (Å²) in [5, 5.41) is 27.4. The molecule has 34 heavy (non-hydrogen) atoms. The zero-order chi connectivity index (χ0) is 24.1. The molecule has 0 bridgehead atoms. The van der Waals surface area contributed by atoms with Gasteiger partial charge in [0.1, 0.15) is 17.4 Å². The van der Waals surface area contributed by atoms with Gasteiger partial charge < -0.3 is 20.5 Å². The van der Waals surface area contributed by atoms with Crippen molar-refractivity contribution >= 4 is 23.3 Å². The number of aromatic nitrogens is 2. The first-order valence-electron chi connectivity index (χ1n) is 11.9. The van der Waals surface area contributed by atoms with E-state index in [2.05, 4.69) is 21.2 Å². The van der Waals surface area contributed by atoms with Crippen LogP contribution >= 0.6 is 11.6 Å². The Morgan fingerprint density at radius 1 is 1.24 bits per heavy atom. The molecule has 1 saturated carbocycles. The van der Waals surface area contributed by atoms with Crippen LogP contribution in [0.3, 0.4) is 0 Å². The summed E-state index contributed by atoms with van der Waals surface area (Å²) >= 11 is 6.26. The zero-order valence-electron chi connectivity index (χ0n) is 19.2. The quantitative estimate of drug-likeness (QED) is 0.610. The van der Waals surface area contributed by atoms with E-state index in [4.69, 9.17) is 22.1 Å². The van der Waals surface area contributed by atoms with E-state index in [1.807, 2.05) is 6.07 Å². The molecule has 2 aromatic rings. The van der Waals surface area contributed by atoms with E-state index < -0.39 is 11.5 Å². The van der Waals surface area contributed by atoms with Gasteiger partial charge in [-0.25, -0.2) is 0 Å². The molecule has 1 saturated heterocycles. The summed E-state index contributed by atoms with van der Waals surface area (Å²) in [7, 11) is 0. The molecule has 4 rings (SSSR count). The number of amides is 1. The molecule has 1 aromatic carbocycles. The summed E-state index contributed by atoms with van der Waals surface area (Å²) in [4.78, 5) is 14.5. The lowest BCUT2D eigenvalue weighted by Gasteiger charge is -2.39. The first kappa shape index (κ1) is 24.2. The highest BCUT2D eigenvalue weighted by molar-refractivity contribution is 6.31. The number of benzene rings is 1. The maximum Gasteiger partial charge on any atom is 0.269 e. The minimum atomic E-state index is -0.792. The molecule has 0 unspecified atom stereocenters. The van der Waals surface area contributed by atoms with Crippen LogP contribution in [0.1, 0.15) is 73.0 Å². The van der Waals surface area contributed by atoms with Gasteiger partial charge >= 0.3 is 0 Å². The normalized spacial score (nSPS) is 18.3. The number of aliphatic hydroxyl groups excluding tert-OH is 1. The van der Waals surface area contributed by atoms with Crippen molar-refractivity contribution in [2.45, 2.75) is 57.0 Å². The molecule has 0 spiro atoms. The zero-order valence-corrected chi connectivity index (χ0v) is 19.9. The molecule has 0 radical (unpaired) electrons. The molecule has 3 N–H and O–H groups in total. The average Bonchev–Trinajstić information content (AvgIpc) is 2.85. The molecule has 9 heteroatoms. The number of aliphatic hydroxyl groups is 1. The Morgan fingerprint density at radius 2 is 1.97 bits per heavy atom. The monoisotopic (exact) mass is 483 g/mol. The van der Waals surface area contributed by atoms with Gasteiger partial charge in [-0.15, -0.1) is 10.2 Å². The van der Waals surface area contributed by atoms with Crippen molar-refractivity contribution < 1.29 is 14.6 Å². The molecular weight excluding hydrogens is 454 g/mol. The summed E-state index contributed by atoms with van der Waals surface area (Å²) < 4.78 is 6.58. The Hall–Kier alpha value is -2.89. The summed E-state index contributed by atoms with van der Waals surface area (Å²) in [6.07, 6.45) is 7.12. The smallest absolute Gasteiger partial charge is 0.269 e. The second kappa shape index (κ2) is 10.6. The van der Waals surface area contributed by atoms with Gasteiger partial charge in [0.2, 0.25) is 0 Å². The molecule has 1 aliphatic heterocycles. The summed E-state index contributed by atoms with van der Waals surface area (Å²) in [6.45, 7) is 1.84. The number of piperidine rings is 1. The molecular formula is C25H30ClN5O3. The standard InChI is InChI=1S/C25H30ClN5O3/c26-21-14-19(5-4-18(21)16-27)34-25(9-2-1-3-10-25)20-15-22(29-30-23(20)24(28)33)31-11-6-17(7-12-31)8-13-32/h4-5,14-15,17,32H,1-3,6-13H2,(H2,28,33). The van der Waals surface area contributed by atoms with Crippen LogP contribution < -0.4 is 15.4 Å². The second-order valence-electron chi connectivity index (χ2n) is 9.18. The number of hydrogen-bond acceptors (Lipinski definition) is 7. The lowest BCUT2D eigenvalue weighted by molar-refractivity contribution is 0.0249. The van der Waals surface area contributed by atoms with Crippen LogP contribution in [0.2, 0.25) is 5.02 Å². The van der Waals surface area contributed by atoms with Crippen molar-refractivity contribution in [1.82, 2.24) is 10.2 Å². The van der Waals surface area contributed by atoms with Crippen LogP contribution in [-0.4, -0.2) is 40.9 Å². The van der Waals surface area contributed by atoms with E-state index in [0.717, 1.165) is 51.6 Å². The molecule has 0 atom stereocenters. The van der Waals surface area contributed by atoms with Gasteiger partial charge in [0, 0.05) is 31.3 Å². The largest absolute Gasteiger partial charge is 0.482 e. The van der Waals surface area contributed by atoms with E-state index in [0.29, 0.717) is 46.5 Å². The molecule has 1 amide bonds. The maximum absolute atomic E-state index is 12.4. The maximum atomic E-state index is 12.4. The SMILES string of the molecule is N#Cc1ccc(OC2(c3cc(N4CCC(CCO)CC4)nnc3C(N)=O)CCCCC2)cc1Cl. The van der Waals surface area contributed by atoms with Gasteiger partial charge in [0.05, 0.1) is 10.6 Å². The van der Waals surface area contributed by atoms with E-state index in [1.165, 1.54) is 0 Å². The summed E-state index contributed by atoms with van der Waals surface area (Å²) in [5.74, 6) is 1.10. The van der Waals surface area contributed by atoms with E-state index in [1.54, 1.807) is 18.2 Å². The minimum absolute atomic E-state index is 0.126. The third-order valence-corrected chi connectivity index (χ3v) is 7.33. The highest BCUT2D eigenvalue weighted by Gasteiger charge is 2.40. The number of halogens is 1. The number of anilines is 1. The topological polar surface area (TPSA) is 125 Å². The number of carbonyl (C=O) groups excluding carboxylic acids is 1. The third-order valence-electron chi connectivity index (χ3n) is 7.02. The predicted molar refractivity (Wildman–Crippen MR) is 129 cm³/mol. The van der Waals surface area contributed by atoms with E-state index >= 15 is 0 Å². The van der Waals surface area contributed by atoms with Crippen LogP contribution in [-0.2, 0) is 5.60 Å². The molecule has 2 aliphatic rings. The van der Waals surface area contributed by atoms with Gasteiger partial charge in [0.15, 0.2) is 11.5 Å². The molecule has 8 nitrogen and oxygen atoms in total. The number of rotatable bonds is 7. The lowest BCUT2D eigenvalue weighted by atomic mass is 9.78. The Bertz CT molecular complexity index is 1070. The van der Waals surface area contributed by atoms with E-state index in [-0.39, 0.29) is 12.3 Å². The summed E-state index contributed by atoms with van der Waals surface area (Å²) in [5.41, 5.74) is 6.09. The van der Waals surface area contributed by atoms with Gasteiger partial charge in [-0.2, -0.15) is 5.26 Å². The van der Waals surface area contributed by atoms with Gasteiger partial charge in [0.25, 0.3) is 5.91 Å². The van der Waals surface area contributed by atoms with E-state index in [9.17, 15) is 15.2 Å². The third kappa shape index (κ3) is 5.11. The van der Waals surface area contributed by atoms with Crippen molar-refractivity contribution in [2.24, 2.45) is 11.7 Å². The average molecular weight is 484 g/mol. The highest BCUT2D eigenvalue weighted by Crippen LogP contribution is 2.43. The lowest BCUT2D eigenvalue weighted by Crippen LogP contribution is -2.40. The fourth-order valence-electron chi connectivity index (χ4n) is 5.12. The van der Waals surface area contributed by atoms with Crippen LogP contribution in [0, 0.1) is 17.2 Å². The van der Waals surface area contributed by atoms with Crippen molar-refractivity contribution in [3.05, 3.63) is 46.1 Å². The second-order valence-corrected chi connectivity index (χ2v) is 9.59. The molecule has 1 aromatic heterocycles. The number of nitrogens with zero attached hydrogens (tertiary/aromatic N) is 4. The number of primary amides is 1. The Labute approximate surface area is 204 Å². The first-order chi connectivity index (χ1) is 16.5. The molecule has 1 aliphatic carbocycles. The summed E-state index contributed by atoms with van der Waals surface area (Å²) in [6, 6.07) is 8.98. The van der Waals surface area contributed by atoms with Crippen molar-refractivity contribution in [3.8, 4) is 11.8 Å². The fourth-order valence-corrected chi connectivity index (χ4v) is 5.34. The van der Waals surface area contributed by atoms with Gasteiger partial charge in [-0.1, -0.05) is 18.0 Å². The van der Waals surface area contributed by atoms with Crippen molar-refractivity contribution in [2.75, 3.05) is 24.6 Å². The minimum Gasteiger partial charge on any atom is -0.482 e. The van der Waals surface area contributed by atoms with Gasteiger partial charge in [-0.05, 0) is 69.1 Å². The van der Waals surface area contributed by atoms with Crippen LogP contribution in [0.15, 0.2) is 24.3 Å². The molecule has 2 fully saturated rings. The first-order valence-corrected chi connectivity index (χ1v) is 12.3. The van der Waals surface area contributed by atoms with Crippen molar-refractivity contribution in [3.63, 3.8) is 0 Å². The van der Waals surface area contributed by atoms with Crippen LogP contribution in [0.5, 0.6) is 5.75 Å². The van der Waals surface area contributed by atoms with Crippen molar-refractivity contribution in [1.29, 1.82) is 5.26 Å². The Morgan fingerprint density at radius 3 is 2.59 bits per heavy atom. The number of nitriles is 1. The predicted octanol–water partition coefficient (Wildman–Crippen LogP) is 3.94. The molecule has 180 valence electrons. The fraction of sp³-hybridized carbons (Fsp3) is 0.520. The van der Waals surface area contributed by atoms with Crippen LogP contribution in [0.4, 0.5) is 5.82 Å². The number of hydrogen-bond donors (Lipinski definition) is 2.